The van der Waals surface area contributed by atoms with Crippen molar-refractivity contribution in [2.75, 3.05) is 0 Å². The molecule has 0 saturated heterocycles. The van der Waals surface area contributed by atoms with Crippen molar-refractivity contribution >= 4 is 28.3 Å². The summed E-state index contributed by atoms with van der Waals surface area (Å²) >= 11 is 5.88. The molecule has 0 aliphatic rings. The highest BCUT2D eigenvalue weighted by Gasteiger charge is 2.03. The molecule has 3 aromatic rings. The molecule has 0 bridgehead atoms. The van der Waals surface area contributed by atoms with Crippen molar-refractivity contribution in [2.45, 2.75) is 13.0 Å². The molecule has 0 atom stereocenters. The zero-order valence-electron chi connectivity index (χ0n) is 11.1. The molecule has 0 amide bonds. The molecule has 104 valence electrons. The first-order valence-corrected chi connectivity index (χ1v) is 6.88. The topological polar surface area (TPSA) is 66.6 Å². The molecule has 3 rings (SSSR count). The van der Waals surface area contributed by atoms with Crippen LogP contribution in [0.15, 0.2) is 53.9 Å². The van der Waals surface area contributed by atoms with Gasteiger partial charge in [-0.15, -0.1) is 0 Å². The van der Waals surface area contributed by atoms with Crippen molar-refractivity contribution in [2.24, 2.45) is 5.11 Å². The standard InChI is InChI=1S/C15H12ClN5/c16-12-3-1-11(2-4-12)7-8-21-10-18-14-9-13(19-20-17)5-6-15(14)21/h1-6,9-10H,7-8H2. The Labute approximate surface area is 126 Å². The largest absolute Gasteiger partial charge is 0.330 e. The number of hydrogen-bond donors (Lipinski definition) is 0. The van der Waals surface area contributed by atoms with Gasteiger partial charge in [0.1, 0.15) is 0 Å². The summed E-state index contributed by atoms with van der Waals surface area (Å²) in [7, 11) is 0. The van der Waals surface area contributed by atoms with Crippen LogP contribution in [-0.2, 0) is 13.0 Å². The molecular weight excluding hydrogens is 286 g/mol. The minimum atomic E-state index is 0.577. The summed E-state index contributed by atoms with van der Waals surface area (Å²) in [5.41, 5.74) is 12.1. The number of fused-ring (bicyclic) bond motifs is 1. The molecule has 0 radical (unpaired) electrons. The van der Waals surface area contributed by atoms with E-state index < -0.39 is 0 Å². The molecule has 0 spiro atoms. The van der Waals surface area contributed by atoms with Crippen LogP contribution in [0.5, 0.6) is 0 Å². The molecule has 0 N–H and O–H groups in total. The molecular formula is C15H12ClN5. The van der Waals surface area contributed by atoms with Gasteiger partial charge >= 0.3 is 0 Å². The third-order valence-corrected chi connectivity index (χ3v) is 3.57. The smallest absolute Gasteiger partial charge is 0.0958 e. The Kier molecular flexibility index (Phi) is 3.77. The molecule has 0 aliphatic heterocycles. The Balaban J connectivity index is 1.81. The summed E-state index contributed by atoms with van der Waals surface area (Å²) in [6.45, 7) is 0.832. The summed E-state index contributed by atoms with van der Waals surface area (Å²) in [4.78, 5) is 7.13. The average molecular weight is 298 g/mol. The van der Waals surface area contributed by atoms with Crippen LogP contribution in [0.25, 0.3) is 21.5 Å². The van der Waals surface area contributed by atoms with Crippen LogP contribution >= 0.6 is 11.6 Å². The van der Waals surface area contributed by atoms with Crippen LogP contribution < -0.4 is 0 Å². The van der Waals surface area contributed by atoms with Crippen molar-refractivity contribution in [1.29, 1.82) is 0 Å². The first kappa shape index (κ1) is 13.5. The second kappa shape index (κ2) is 5.87. The van der Waals surface area contributed by atoms with Gasteiger partial charge in [-0.25, -0.2) is 4.98 Å². The van der Waals surface area contributed by atoms with E-state index >= 15 is 0 Å². The number of azide groups is 1. The van der Waals surface area contributed by atoms with E-state index in [-0.39, 0.29) is 0 Å². The van der Waals surface area contributed by atoms with Crippen LogP contribution in [0.3, 0.4) is 0 Å². The Morgan fingerprint density at radius 3 is 2.76 bits per heavy atom. The molecule has 1 aromatic heterocycles. The monoisotopic (exact) mass is 297 g/mol. The van der Waals surface area contributed by atoms with Crippen molar-refractivity contribution in [3.05, 3.63) is 69.8 Å². The highest BCUT2D eigenvalue weighted by Crippen LogP contribution is 2.21. The van der Waals surface area contributed by atoms with E-state index in [9.17, 15) is 0 Å². The maximum atomic E-state index is 8.45. The lowest BCUT2D eigenvalue weighted by molar-refractivity contribution is 0.716. The third-order valence-electron chi connectivity index (χ3n) is 3.32. The van der Waals surface area contributed by atoms with Gasteiger partial charge in [0.05, 0.1) is 17.4 Å². The van der Waals surface area contributed by atoms with Crippen molar-refractivity contribution in [1.82, 2.24) is 9.55 Å². The quantitative estimate of drug-likeness (QED) is 0.384. The van der Waals surface area contributed by atoms with E-state index in [2.05, 4.69) is 19.6 Å². The molecule has 0 unspecified atom stereocenters. The molecule has 21 heavy (non-hydrogen) atoms. The van der Waals surface area contributed by atoms with E-state index in [0.29, 0.717) is 5.69 Å². The molecule has 2 aromatic carbocycles. The molecule has 6 heteroatoms. The van der Waals surface area contributed by atoms with E-state index in [1.165, 1.54) is 5.56 Å². The summed E-state index contributed by atoms with van der Waals surface area (Å²) in [6, 6.07) is 13.4. The van der Waals surface area contributed by atoms with E-state index in [0.717, 1.165) is 29.0 Å². The second-order valence-corrected chi connectivity index (χ2v) is 5.11. The van der Waals surface area contributed by atoms with Gasteiger partial charge in [0.25, 0.3) is 0 Å². The molecule has 1 heterocycles. The Morgan fingerprint density at radius 2 is 2.00 bits per heavy atom. The number of aromatic nitrogens is 2. The normalized spacial score (nSPS) is 10.5. The highest BCUT2D eigenvalue weighted by atomic mass is 35.5. The Hall–Kier alpha value is -2.49. The lowest BCUT2D eigenvalue weighted by atomic mass is 10.1. The minimum Gasteiger partial charge on any atom is -0.330 e. The van der Waals surface area contributed by atoms with Crippen LogP contribution in [0.2, 0.25) is 5.02 Å². The maximum absolute atomic E-state index is 8.45. The fourth-order valence-electron chi connectivity index (χ4n) is 2.24. The number of aryl methyl sites for hydroxylation is 2. The number of halogens is 1. The number of benzene rings is 2. The van der Waals surface area contributed by atoms with Crippen LogP contribution in [0, 0.1) is 0 Å². The predicted molar refractivity (Wildman–Crippen MR) is 83.7 cm³/mol. The van der Waals surface area contributed by atoms with Gasteiger partial charge in [0.15, 0.2) is 0 Å². The van der Waals surface area contributed by atoms with E-state index in [1.54, 1.807) is 18.5 Å². The summed E-state index contributed by atoms with van der Waals surface area (Å²) in [5, 5.41) is 4.33. The average Bonchev–Trinajstić information content (AvgIpc) is 2.89. The van der Waals surface area contributed by atoms with Gasteiger partial charge in [0.2, 0.25) is 0 Å². The van der Waals surface area contributed by atoms with Crippen molar-refractivity contribution in [3.63, 3.8) is 0 Å². The summed E-state index contributed by atoms with van der Waals surface area (Å²) in [5.74, 6) is 0. The second-order valence-electron chi connectivity index (χ2n) is 4.68. The SMILES string of the molecule is [N-]=[N+]=Nc1ccc2c(c1)ncn2CCc1ccc(Cl)cc1. The van der Waals surface area contributed by atoms with Gasteiger partial charge in [-0.1, -0.05) is 34.9 Å². The lowest BCUT2D eigenvalue weighted by Gasteiger charge is -2.05. The van der Waals surface area contributed by atoms with Crippen molar-refractivity contribution in [3.8, 4) is 0 Å². The predicted octanol–water partition coefficient (Wildman–Crippen LogP) is 4.87. The maximum Gasteiger partial charge on any atom is 0.0958 e. The molecule has 0 saturated carbocycles. The minimum absolute atomic E-state index is 0.577. The number of hydrogen-bond acceptors (Lipinski definition) is 2. The van der Waals surface area contributed by atoms with Gasteiger partial charge in [-0.2, -0.15) is 0 Å². The Bertz CT molecular complexity index is 816. The zero-order valence-corrected chi connectivity index (χ0v) is 11.9. The fourth-order valence-corrected chi connectivity index (χ4v) is 2.37. The van der Waals surface area contributed by atoms with Crippen LogP contribution in [-0.4, -0.2) is 9.55 Å². The van der Waals surface area contributed by atoms with Gasteiger partial charge in [-0.05, 0) is 41.8 Å². The first-order valence-electron chi connectivity index (χ1n) is 6.51. The van der Waals surface area contributed by atoms with Gasteiger partial charge < -0.3 is 4.57 Å². The summed E-state index contributed by atoms with van der Waals surface area (Å²) < 4.78 is 2.09. The fraction of sp³-hybridized carbons (Fsp3) is 0.133. The molecule has 0 fully saturated rings. The lowest BCUT2D eigenvalue weighted by Crippen LogP contribution is -1.99. The number of nitrogens with zero attached hydrogens (tertiary/aromatic N) is 5. The molecule has 5 nitrogen and oxygen atoms in total. The van der Waals surface area contributed by atoms with E-state index in [1.807, 2.05) is 30.3 Å². The van der Waals surface area contributed by atoms with Gasteiger partial charge in [-0.3, -0.25) is 0 Å². The molecule has 0 aliphatic carbocycles. The van der Waals surface area contributed by atoms with Crippen LogP contribution in [0.4, 0.5) is 5.69 Å². The van der Waals surface area contributed by atoms with Crippen molar-refractivity contribution < 1.29 is 0 Å². The van der Waals surface area contributed by atoms with E-state index in [4.69, 9.17) is 17.1 Å². The van der Waals surface area contributed by atoms with Gasteiger partial charge in [0, 0.05) is 22.2 Å². The highest BCUT2D eigenvalue weighted by molar-refractivity contribution is 6.30. The third kappa shape index (κ3) is 2.99. The number of imidazole rings is 1. The zero-order chi connectivity index (χ0) is 14.7. The van der Waals surface area contributed by atoms with Crippen LogP contribution in [0.1, 0.15) is 5.56 Å². The number of rotatable bonds is 4. The summed E-state index contributed by atoms with van der Waals surface area (Å²) in [6.07, 6.45) is 2.71. The Morgan fingerprint density at radius 1 is 1.19 bits per heavy atom. The first-order chi connectivity index (χ1) is 10.3.